The van der Waals surface area contributed by atoms with E-state index < -0.39 is 22.0 Å². The van der Waals surface area contributed by atoms with E-state index in [2.05, 4.69) is 0 Å². The zero-order valence-corrected chi connectivity index (χ0v) is 13.2. The van der Waals surface area contributed by atoms with Crippen molar-refractivity contribution in [2.45, 2.75) is 4.90 Å². The molecule has 2 aromatic rings. The molecule has 0 saturated heterocycles. The third kappa shape index (κ3) is 3.43. The standard InChI is InChI=1S/C14H12ClN3O4S/c15-10-4-6-12(7-5-10)23(21,22)18(14(17)20)11-3-1-2-9(8-11)13(16)19/h1-8H,(H2,16,19)(H2,17,20). The summed E-state index contributed by atoms with van der Waals surface area (Å²) in [5.41, 5.74) is 10.3. The first-order valence-corrected chi connectivity index (χ1v) is 8.05. The van der Waals surface area contributed by atoms with Crippen molar-refractivity contribution >= 4 is 39.2 Å². The Hall–Kier alpha value is -2.58. The summed E-state index contributed by atoms with van der Waals surface area (Å²) < 4.78 is 25.7. The van der Waals surface area contributed by atoms with Crippen LogP contribution in [0.1, 0.15) is 10.4 Å². The van der Waals surface area contributed by atoms with E-state index in [1.807, 2.05) is 0 Å². The lowest BCUT2D eigenvalue weighted by Crippen LogP contribution is -2.40. The second-order valence-electron chi connectivity index (χ2n) is 4.48. The lowest BCUT2D eigenvalue weighted by molar-refractivity contribution is 0.1000. The number of hydrogen-bond donors (Lipinski definition) is 2. The molecule has 4 N–H and O–H groups in total. The monoisotopic (exact) mass is 353 g/mol. The maximum absolute atomic E-state index is 12.6. The number of nitrogens with two attached hydrogens (primary N) is 2. The zero-order chi connectivity index (χ0) is 17.2. The van der Waals surface area contributed by atoms with E-state index in [0.717, 1.165) is 0 Å². The van der Waals surface area contributed by atoms with E-state index >= 15 is 0 Å². The number of halogens is 1. The van der Waals surface area contributed by atoms with Crippen molar-refractivity contribution in [2.75, 3.05) is 4.31 Å². The summed E-state index contributed by atoms with van der Waals surface area (Å²) in [6, 6.07) is 9.27. The third-order valence-electron chi connectivity index (χ3n) is 2.92. The van der Waals surface area contributed by atoms with Gasteiger partial charge in [0.2, 0.25) is 5.91 Å². The molecule has 7 nitrogen and oxygen atoms in total. The van der Waals surface area contributed by atoms with Gasteiger partial charge in [-0.2, -0.15) is 4.31 Å². The lowest BCUT2D eigenvalue weighted by Gasteiger charge is -2.20. The van der Waals surface area contributed by atoms with Crippen LogP contribution in [0.3, 0.4) is 0 Å². The molecule has 0 saturated carbocycles. The lowest BCUT2D eigenvalue weighted by atomic mass is 10.2. The first-order valence-electron chi connectivity index (χ1n) is 6.23. The Morgan fingerprint density at radius 1 is 1.00 bits per heavy atom. The highest BCUT2D eigenvalue weighted by Crippen LogP contribution is 2.25. The molecule has 3 amide bonds. The molecule has 9 heteroatoms. The number of primary amides is 2. The Morgan fingerprint density at radius 2 is 1.61 bits per heavy atom. The van der Waals surface area contributed by atoms with Gasteiger partial charge < -0.3 is 11.5 Å². The summed E-state index contributed by atoms with van der Waals surface area (Å²) in [7, 11) is -4.26. The van der Waals surface area contributed by atoms with Crippen molar-refractivity contribution in [2.24, 2.45) is 11.5 Å². The Morgan fingerprint density at radius 3 is 2.13 bits per heavy atom. The van der Waals surface area contributed by atoms with Gasteiger partial charge in [0.15, 0.2) is 0 Å². The summed E-state index contributed by atoms with van der Waals surface area (Å²) >= 11 is 5.73. The molecule has 0 radical (unpaired) electrons. The maximum atomic E-state index is 12.6. The molecule has 2 aromatic carbocycles. The third-order valence-corrected chi connectivity index (χ3v) is 4.91. The number of nitrogens with zero attached hydrogens (tertiary/aromatic N) is 1. The van der Waals surface area contributed by atoms with Gasteiger partial charge in [-0.1, -0.05) is 17.7 Å². The molecule has 0 heterocycles. The summed E-state index contributed by atoms with van der Waals surface area (Å²) in [6.07, 6.45) is 0. The number of carbonyl (C=O) groups is 2. The Bertz CT molecular complexity index is 866. The fourth-order valence-corrected chi connectivity index (χ4v) is 3.33. The highest BCUT2D eigenvalue weighted by atomic mass is 35.5. The van der Waals surface area contributed by atoms with Gasteiger partial charge in [0.1, 0.15) is 0 Å². The molecule has 2 rings (SSSR count). The number of urea groups is 1. The average Bonchev–Trinajstić information content (AvgIpc) is 2.47. The SMILES string of the molecule is NC(=O)c1cccc(N(C(N)=O)S(=O)(=O)c2ccc(Cl)cc2)c1. The fraction of sp³-hybridized carbons (Fsp3) is 0. The highest BCUT2D eigenvalue weighted by Gasteiger charge is 2.29. The molecule has 0 aliphatic rings. The quantitative estimate of drug-likeness (QED) is 0.868. The molecule has 0 fully saturated rings. The van der Waals surface area contributed by atoms with Crippen LogP contribution >= 0.6 is 11.6 Å². The number of amides is 3. The number of rotatable bonds is 4. The van der Waals surface area contributed by atoms with Crippen LogP contribution in [-0.4, -0.2) is 20.4 Å². The van der Waals surface area contributed by atoms with Crippen LogP contribution < -0.4 is 15.8 Å². The van der Waals surface area contributed by atoms with Crippen LogP contribution in [0.2, 0.25) is 5.02 Å². The molecule has 23 heavy (non-hydrogen) atoms. The van der Waals surface area contributed by atoms with E-state index in [-0.39, 0.29) is 16.1 Å². The molecule has 0 bridgehead atoms. The second kappa shape index (κ2) is 6.27. The van der Waals surface area contributed by atoms with Gasteiger partial charge in [0.05, 0.1) is 10.6 Å². The smallest absolute Gasteiger partial charge is 0.333 e. The Balaban J connectivity index is 2.58. The van der Waals surface area contributed by atoms with Gasteiger partial charge >= 0.3 is 6.03 Å². The number of anilines is 1. The minimum atomic E-state index is -4.26. The van der Waals surface area contributed by atoms with Gasteiger partial charge in [-0.15, -0.1) is 0 Å². The van der Waals surface area contributed by atoms with E-state index in [1.54, 1.807) is 0 Å². The molecular formula is C14H12ClN3O4S. The summed E-state index contributed by atoms with van der Waals surface area (Å²) in [6.45, 7) is 0. The van der Waals surface area contributed by atoms with E-state index in [0.29, 0.717) is 9.33 Å². The minimum Gasteiger partial charge on any atom is -0.366 e. The van der Waals surface area contributed by atoms with Gasteiger partial charge in [0, 0.05) is 10.6 Å². The molecule has 0 aliphatic carbocycles. The molecule has 0 aliphatic heterocycles. The summed E-state index contributed by atoms with van der Waals surface area (Å²) in [5, 5.41) is 0.338. The van der Waals surface area contributed by atoms with Gasteiger partial charge in [-0.25, -0.2) is 13.2 Å². The number of benzene rings is 2. The number of hydrogen-bond acceptors (Lipinski definition) is 4. The molecule has 120 valence electrons. The van der Waals surface area contributed by atoms with Crippen molar-refractivity contribution < 1.29 is 18.0 Å². The average molecular weight is 354 g/mol. The zero-order valence-electron chi connectivity index (χ0n) is 11.6. The van der Waals surface area contributed by atoms with Crippen LogP contribution in [0.5, 0.6) is 0 Å². The predicted molar refractivity (Wildman–Crippen MR) is 85.7 cm³/mol. The Kier molecular flexibility index (Phi) is 4.57. The van der Waals surface area contributed by atoms with Crippen molar-refractivity contribution in [3.8, 4) is 0 Å². The van der Waals surface area contributed by atoms with Gasteiger partial charge in [-0.3, -0.25) is 4.79 Å². The Labute approximate surface area is 137 Å². The van der Waals surface area contributed by atoms with E-state index in [1.165, 1.54) is 48.5 Å². The van der Waals surface area contributed by atoms with Crippen LogP contribution in [0.4, 0.5) is 10.5 Å². The molecule has 0 spiro atoms. The van der Waals surface area contributed by atoms with Gasteiger partial charge in [0.25, 0.3) is 10.0 Å². The summed E-state index contributed by atoms with van der Waals surface area (Å²) in [5.74, 6) is -0.764. The van der Waals surface area contributed by atoms with Crippen molar-refractivity contribution in [3.05, 3.63) is 59.1 Å². The number of carbonyl (C=O) groups excluding carboxylic acids is 2. The van der Waals surface area contributed by atoms with E-state index in [9.17, 15) is 18.0 Å². The topological polar surface area (TPSA) is 124 Å². The largest absolute Gasteiger partial charge is 0.366 e. The van der Waals surface area contributed by atoms with Crippen LogP contribution in [0.15, 0.2) is 53.4 Å². The second-order valence-corrected chi connectivity index (χ2v) is 6.70. The molecule has 0 atom stereocenters. The first kappa shape index (κ1) is 16.8. The maximum Gasteiger partial charge on any atom is 0.333 e. The fourth-order valence-electron chi connectivity index (χ4n) is 1.88. The van der Waals surface area contributed by atoms with Crippen LogP contribution in [-0.2, 0) is 10.0 Å². The predicted octanol–water partition coefficient (Wildman–Crippen LogP) is 1.71. The van der Waals surface area contributed by atoms with Gasteiger partial charge in [-0.05, 0) is 42.5 Å². The van der Waals surface area contributed by atoms with Crippen LogP contribution in [0.25, 0.3) is 0 Å². The normalized spacial score (nSPS) is 11.0. The first-order chi connectivity index (χ1) is 10.7. The van der Waals surface area contributed by atoms with Crippen molar-refractivity contribution in [1.82, 2.24) is 0 Å². The van der Waals surface area contributed by atoms with Crippen molar-refractivity contribution in [1.29, 1.82) is 0 Å². The number of sulfonamides is 1. The van der Waals surface area contributed by atoms with E-state index in [4.69, 9.17) is 23.1 Å². The molecule has 0 aromatic heterocycles. The highest BCUT2D eigenvalue weighted by molar-refractivity contribution is 7.93. The molecular weight excluding hydrogens is 342 g/mol. The van der Waals surface area contributed by atoms with Crippen LogP contribution in [0, 0.1) is 0 Å². The van der Waals surface area contributed by atoms with Crippen molar-refractivity contribution in [3.63, 3.8) is 0 Å². The molecule has 0 unspecified atom stereocenters. The minimum absolute atomic E-state index is 0.0417. The summed E-state index contributed by atoms with van der Waals surface area (Å²) in [4.78, 5) is 22.7.